The third kappa shape index (κ3) is 23.0. The average molecular weight is 493 g/mol. The molecule has 206 valence electrons. The molecule has 7 heteroatoms. The van der Waals surface area contributed by atoms with E-state index in [4.69, 9.17) is 30.6 Å². The van der Waals surface area contributed by atoms with Crippen LogP contribution in [0.3, 0.4) is 0 Å². The summed E-state index contributed by atoms with van der Waals surface area (Å²) in [5.74, 6) is -1.09. The van der Waals surface area contributed by atoms with Gasteiger partial charge in [-0.3, -0.25) is 0 Å². The number of hydrogen-bond acceptors (Lipinski definition) is 6. The Kier molecular flexibility index (Phi) is 28.0. The molecule has 0 aromatic carbocycles. The molecule has 0 aromatic rings. The second kappa shape index (κ2) is 26.9. The SMILES string of the molecule is CCCCCCCCCCCCCCCCCCCCC(O)C(=O)O.OCC(CO)(CO)CO. The van der Waals surface area contributed by atoms with E-state index < -0.39 is 43.9 Å². The van der Waals surface area contributed by atoms with Gasteiger partial charge in [-0.2, -0.15) is 0 Å². The summed E-state index contributed by atoms with van der Waals surface area (Å²) >= 11 is 0. The first-order chi connectivity index (χ1) is 16.4. The summed E-state index contributed by atoms with van der Waals surface area (Å²) in [6.07, 6.45) is 23.1. The molecular formula is C27H56O7. The van der Waals surface area contributed by atoms with Gasteiger partial charge in [0, 0.05) is 0 Å². The molecule has 0 aromatic heterocycles. The molecule has 0 aliphatic carbocycles. The van der Waals surface area contributed by atoms with E-state index in [-0.39, 0.29) is 0 Å². The van der Waals surface area contributed by atoms with Crippen molar-refractivity contribution < 1.29 is 35.4 Å². The summed E-state index contributed by atoms with van der Waals surface area (Å²) in [7, 11) is 0. The Morgan fingerprint density at radius 2 is 0.824 bits per heavy atom. The van der Waals surface area contributed by atoms with Crippen molar-refractivity contribution in [1.29, 1.82) is 0 Å². The lowest BCUT2D eigenvalue weighted by Crippen LogP contribution is -2.37. The van der Waals surface area contributed by atoms with Crippen molar-refractivity contribution in [3.63, 3.8) is 0 Å². The van der Waals surface area contributed by atoms with Crippen LogP contribution in [-0.4, -0.2) is 69.1 Å². The van der Waals surface area contributed by atoms with Gasteiger partial charge in [0.1, 0.15) is 0 Å². The minimum Gasteiger partial charge on any atom is -0.479 e. The summed E-state index contributed by atoms with van der Waals surface area (Å²) in [6.45, 7) is 0.650. The van der Waals surface area contributed by atoms with Crippen molar-refractivity contribution in [3.8, 4) is 0 Å². The maximum atomic E-state index is 10.5. The van der Waals surface area contributed by atoms with Crippen molar-refractivity contribution in [3.05, 3.63) is 0 Å². The molecule has 0 saturated heterocycles. The third-order valence-electron chi connectivity index (χ3n) is 6.46. The number of carboxylic acid groups (broad SMARTS) is 1. The van der Waals surface area contributed by atoms with Gasteiger partial charge in [-0.15, -0.1) is 0 Å². The number of aliphatic hydroxyl groups excluding tert-OH is 5. The highest BCUT2D eigenvalue weighted by atomic mass is 16.4. The molecule has 1 unspecified atom stereocenters. The Morgan fingerprint density at radius 3 is 1.03 bits per heavy atom. The predicted octanol–water partition coefficient (Wildman–Crippen LogP) is 4.81. The topological polar surface area (TPSA) is 138 Å². The largest absolute Gasteiger partial charge is 0.479 e. The minimum atomic E-state index is -1.17. The highest BCUT2D eigenvalue weighted by Crippen LogP contribution is 2.15. The van der Waals surface area contributed by atoms with Crippen LogP contribution < -0.4 is 0 Å². The number of carboxylic acids is 1. The Bertz CT molecular complexity index is 396. The molecule has 0 fully saturated rings. The molecule has 1 atom stereocenters. The normalized spacial score (nSPS) is 12.3. The van der Waals surface area contributed by atoms with Crippen LogP contribution in [0.4, 0.5) is 0 Å². The van der Waals surface area contributed by atoms with E-state index in [1.807, 2.05) is 0 Å². The molecule has 0 rings (SSSR count). The number of hydrogen-bond donors (Lipinski definition) is 6. The van der Waals surface area contributed by atoms with Crippen molar-refractivity contribution in [2.45, 2.75) is 135 Å². The van der Waals surface area contributed by atoms with Gasteiger partial charge in [-0.25, -0.2) is 4.79 Å². The van der Waals surface area contributed by atoms with Gasteiger partial charge < -0.3 is 30.6 Å². The molecule has 6 N–H and O–H groups in total. The number of unbranched alkanes of at least 4 members (excludes halogenated alkanes) is 17. The van der Waals surface area contributed by atoms with Crippen LogP contribution in [0.2, 0.25) is 0 Å². The summed E-state index contributed by atoms with van der Waals surface area (Å²) in [6, 6.07) is 0. The van der Waals surface area contributed by atoms with E-state index in [1.165, 1.54) is 103 Å². The van der Waals surface area contributed by atoms with Gasteiger partial charge in [-0.1, -0.05) is 122 Å². The fourth-order valence-corrected chi connectivity index (χ4v) is 3.66. The van der Waals surface area contributed by atoms with Gasteiger partial charge in [0.15, 0.2) is 6.10 Å². The fourth-order valence-electron chi connectivity index (χ4n) is 3.66. The van der Waals surface area contributed by atoms with Gasteiger partial charge in [0.05, 0.1) is 31.8 Å². The molecule has 0 aliphatic heterocycles. The van der Waals surface area contributed by atoms with Crippen molar-refractivity contribution in [2.75, 3.05) is 26.4 Å². The molecule has 0 heterocycles. The van der Waals surface area contributed by atoms with Crippen LogP contribution in [0.1, 0.15) is 129 Å². The molecule has 0 spiro atoms. The summed E-state index contributed by atoms with van der Waals surface area (Å²) in [5.41, 5.74) is -1.11. The summed E-state index contributed by atoms with van der Waals surface area (Å²) in [5, 5.41) is 51.7. The zero-order valence-corrected chi connectivity index (χ0v) is 21.9. The first kappa shape index (κ1) is 35.4. The second-order valence-corrected chi connectivity index (χ2v) is 9.79. The maximum absolute atomic E-state index is 10.5. The van der Waals surface area contributed by atoms with Gasteiger partial charge in [0.25, 0.3) is 0 Å². The van der Waals surface area contributed by atoms with Crippen LogP contribution in [-0.2, 0) is 4.79 Å². The Labute approximate surface area is 208 Å². The lowest BCUT2D eigenvalue weighted by molar-refractivity contribution is -0.146. The van der Waals surface area contributed by atoms with Gasteiger partial charge in [-0.05, 0) is 6.42 Å². The van der Waals surface area contributed by atoms with E-state index in [9.17, 15) is 4.79 Å². The number of rotatable bonds is 24. The molecule has 0 amide bonds. The van der Waals surface area contributed by atoms with Crippen molar-refractivity contribution in [2.24, 2.45) is 5.41 Å². The van der Waals surface area contributed by atoms with Crippen LogP contribution >= 0.6 is 0 Å². The molecular weight excluding hydrogens is 436 g/mol. The zero-order valence-electron chi connectivity index (χ0n) is 21.9. The van der Waals surface area contributed by atoms with Crippen LogP contribution in [0, 0.1) is 5.41 Å². The zero-order chi connectivity index (χ0) is 25.9. The quantitative estimate of drug-likeness (QED) is 0.106. The minimum absolute atomic E-state index is 0.397. The van der Waals surface area contributed by atoms with Gasteiger partial charge >= 0.3 is 5.97 Å². The molecule has 0 aliphatic rings. The molecule has 0 bridgehead atoms. The van der Waals surface area contributed by atoms with Crippen LogP contribution in [0.5, 0.6) is 0 Å². The molecule has 0 radical (unpaired) electrons. The third-order valence-corrected chi connectivity index (χ3v) is 6.46. The summed E-state index contributed by atoms with van der Waals surface area (Å²) in [4.78, 5) is 10.5. The smallest absolute Gasteiger partial charge is 0.332 e. The molecule has 7 nitrogen and oxygen atoms in total. The highest BCUT2D eigenvalue weighted by molar-refractivity contribution is 5.71. The highest BCUT2D eigenvalue weighted by Gasteiger charge is 2.26. The Hall–Kier alpha value is -0.730. The maximum Gasteiger partial charge on any atom is 0.332 e. The van der Waals surface area contributed by atoms with Crippen LogP contribution in [0.25, 0.3) is 0 Å². The van der Waals surface area contributed by atoms with Crippen molar-refractivity contribution in [1.82, 2.24) is 0 Å². The first-order valence-corrected chi connectivity index (χ1v) is 13.8. The lowest BCUT2D eigenvalue weighted by Gasteiger charge is -2.23. The van der Waals surface area contributed by atoms with Crippen molar-refractivity contribution >= 4 is 5.97 Å². The predicted molar refractivity (Wildman–Crippen MR) is 138 cm³/mol. The van der Waals surface area contributed by atoms with E-state index in [0.717, 1.165) is 12.8 Å². The van der Waals surface area contributed by atoms with E-state index in [2.05, 4.69) is 6.92 Å². The van der Waals surface area contributed by atoms with E-state index in [0.29, 0.717) is 6.42 Å². The average Bonchev–Trinajstić information content (AvgIpc) is 2.85. The van der Waals surface area contributed by atoms with E-state index in [1.54, 1.807) is 0 Å². The standard InChI is InChI=1S/C22H44O3.C5H12O4/c1-2-3-4-5-6-7-8-9-10-11-12-13-14-15-16-17-18-19-20-21(23)22(24)25;6-1-5(2-7,3-8)4-9/h21,23H,2-20H2,1H3,(H,24,25);6-9H,1-4H2. The molecule has 0 saturated carbocycles. The fraction of sp³-hybridized carbons (Fsp3) is 0.963. The Balaban J connectivity index is 0. The summed E-state index contributed by atoms with van der Waals surface area (Å²) < 4.78 is 0. The Morgan fingerprint density at radius 1 is 0.559 bits per heavy atom. The lowest BCUT2D eigenvalue weighted by atomic mass is 9.93. The second-order valence-electron chi connectivity index (χ2n) is 9.79. The van der Waals surface area contributed by atoms with Gasteiger partial charge in [0.2, 0.25) is 0 Å². The monoisotopic (exact) mass is 492 g/mol. The molecule has 34 heavy (non-hydrogen) atoms. The van der Waals surface area contributed by atoms with E-state index >= 15 is 0 Å². The number of aliphatic hydroxyl groups is 5. The number of carbonyl (C=O) groups is 1. The first-order valence-electron chi connectivity index (χ1n) is 13.8. The number of aliphatic carboxylic acids is 1. The van der Waals surface area contributed by atoms with Crippen LogP contribution in [0.15, 0.2) is 0 Å².